The van der Waals surface area contributed by atoms with Crippen LogP contribution in [0.15, 0.2) is 158 Å². The molecule has 0 spiro atoms. The van der Waals surface area contributed by atoms with Gasteiger partial charge in [-0.15, -0.1) is 20.5 Å². The van der Waals surface area contributed by atoms with E-state index in [1.807, 2.05) is 0 Å². The van der Waals surface area contributed by atoms with Gasteiger partial charge in [0.1, 0.15) is 48.1 Å². The molecule has 0 bridgehead atoms. The molecule has 0 heterocycles. The minimum Gasteiger partial charge on any atom is -0.509 e. The van der Waals surface area contributed by atoms with E-state index < -0.39 is 122 Å². The van der Waals surface area contributed by atoms with Gasteiger partial charge in [0.2, 0.25) is 0 Å². The molecule has 2 aliphatic rings. The Morgan fingerprint density at radius 1 is 0.632 bits per heavy atom. The second-order valence-corrected chi connectivity index (χ2v) is 17.4. The van der Waals surface area contributed by atoms with E-state index >= 15 is 0 Å². The third kappa shape index (κ3) is 8.25. The Labute approximate surface area is 322 Å². The van der Waals surface area contributed by atoms with Crippen molar-refractivity contribution < 1.29 is 62.1 Å². The summed E-state index contributed by atoms with van der Waals surface area (Å²) in [6, 6.07) is 16.5. The Bertz CT molecular complexity index is 3050. The fraction of sp³-hybridized carbons (Fsp3) is 0.0625. The molecule has 0 aliphatic heterocycles. The molecule has 21 nitrogen and oxygen atoms in total. The zero-order valence-corrected chi connectivity index (χ0v) is 31.5. The van der Waals surface area contributed by atoms with Crippen LogP contribution in [0.1, 0.15) is 6.42 Å². The number of rotatable bonds is 10. The van der Waals surface area contributed by atoms with Crippen molar-refractivity contribution >= 4 is 79.7 Å². The molecule has 0 saturated heterocycles. The molecule has 0 amide bonds. The summed E-state index contributed by atoms with van der Waals surface area (Å²) in [7, 11) is -21.3. The molecule has 296 valence electrons. The van der Waals surface area contributed by atoms with Crippen LogP contribution in [-0.2, 0) is 40.5 Å². The third-order valence-corrected chi connectivity index (χ3v) is 11.8. The first kappa shape index (κ1) is 40.6. The topological polar surface area (TPSA) is 358 Å². The molecule has 4 aromatic rings. The molecule has 0 aromatic heterocycles. The zero-order chi connectivity index (χ0) is 41.7. The predicted octanol–water partition coefficient (Wildman–Crippen LogP) is 6.50. The normalized spacial score (nSPS) is 17.2. The summed E-state index contributed by atoms with van der Waals surface area (Å²) < 4.78 is 141. The van der Waals surface area contributed by atoms with Gasteiger partial charge in [-0.1, -0.05) is 42.5 Å². The molecule has 2 aliphatic carbocycles. The Balaban J connectivity index is 1.54. The van der Waals surface area contributed by atoms with Crippen molar-refractivity contribution in [2.45, 2.75) is 16.2 Å². The smallest absolute Gasteiger partial charge is 0.297 e. The van der Waals surface area contributed by atoms with E-state index in [1.165, 1.54) is 24.3 Å². The number of benzene rings is 4. The minimum absolute atomic E-state index is 0.146. The third-order valence-electron chi connectivity index (χ3n) is 8.23. The Hall–Kier alpha value is -6.06. The van der Waals surface area contributed by atoms with Crippen LogP contribution in [0, 0.1) is 5.92 Å². The first-order valence-corrected chi connectivity index (χ1v) is 21.3. The van der Waals surface area contributed by atoms with Gasteiger partial charge in [-0.05, 0) is 54.5 Å². The summed E-state index contributed by atoms with van der Waals surface area (Å²) in [5.41, 5.74) is 2.20. The number of fused-ring (bicyclic) bond motifs is 2. The molecule has 0 fully saturated rings. The van der Waals surface area contributed by atoms with Crippen LogP contribution in [0.3, 0.4) is 0 Å². The molecule has 0 radical (unpaired) electrons. The van der Waals surface area contributed by atoms with E-state index in [0.717, 1.165) is 6.08 Å². The number of nitrogens with zero attached hydrogens (tertiary/aromatic N) is 6. The van der Waals surface area contributed by atoms with Gasteiger partial charge in [0.15, 0.2) is 5.75 Å². The van der Waals surface area contributed by atoms with Gasteiger partial charge in [0, 0.05) is 11.3 Å². The maximum absolute atomic E-state index is 12.8. The maximum atomic E-state index is 12.8. The summed E-state index contributed by atoms with van der Waals surface area (Å²) in [5, 5.41) is 43.7. The highest BCUT2D eigenvalue weighted by atomic mass is 32.2. The summed E-state index contributed by atoms with van der Waals surface area (Å²) in [5.74, 6) is -3.46. The quantitative estimate of drug-likeness (QED) is 0.0508. The van der Waals surface area contributed by atoms with Gasteiger partial charge >= 0.3 is 0 Å². The molecular formula is C32H25N7O14S4. The number of phenolic OH excluding ortho intramolecular Hbond substituents is 1. The van der Waals surface area contributed by atoms with Gasteiger partial charge in [0.05, 0.1) is 22.4 Å². The molecule has 6 rings (SSSR count). The molecule has 4 aromatic carbocycles. The van der Waals surface area contributed by atoms with E-state index in [-0.39, 0.29) is 17.8 Å². The highest BCUT2D eigenvalue weighted by Crippen LogP contribution is 2.49. The standard InChI is InChI=1S/C32H25N7O14S4/c33-27-22(15-23(54(42,43)44)20-14-25(56(48,49)50)29(31(41)26(20)27)39-35-17-9-5-2-6-10-17)37-36-21-12-11-18-19(32(21)57(51,52)53)13-24(55(45,46)47)28(30(18)40)38-34-16-7-3-1-4-8-16/h1-10,12-15,18,40-41H,11,33H2,(H,42,43,44)(H,45,46,47)(H,48,49,50)(H,51,52,53). The van der Waals surface area contributed by atoms with E-state index in [0.29, 0.717) is 18.2 Å². The molecule has 57 heavy (non-hydrogen) atoms. The van der Waals surface area contributed by atoms with Crippen molar-refractivity contribution in [3.8, 4) is 5.75 Å². The largest absolute Gasteiger partial charge is 0.509 e. The number of aliphatic hydroxyl groups excluding tert-OH is 1. The van der Waals surface area contributed by atoms with Crippen molar-refractivity contribution in [3.05, 3.63) is 117 Å². The van der Waals surface area contributed by atoms with Crippen molar-refractivity contribution in [1.29, 1.82) is 0 Å². The molecular weight excluding hydrogens is 835 g/mol. The predicted molar refractivity (Wildman–Crippen MR) is 200 cm³/mol. The fourth-order valence-electron chi connectivity index (χ4n) is 5.76. The number of phenols is 1. The van der Waals surface area contributed by atoms with Crippen LogP contribution >= 0.6 is 0 Å². The van der Waals surface area contributed by atoms with Gasteiger partial charge in [-0.25, -0.2) is 0 Å². The SMILES string of the molecule is Nc1c(N=NC2=CCC3C(O)=C(N=Nc4ccccc4)C(S(=O)(=O)O)=CC3=C2S(=O)(=O)O)cc(S(=O)(=O)O)c2cc(S(=O)(=O)O)c(N=Nc3ccccc3)c(O)c12. The monoisotopic (exact) mass is 859 g/mol. The Kier molecular flexibility index (Phi) is 10.5. The zero-order valence-electron chi connectivity index (χ0n) is 28.2. The van der Waals surface area contributed by atoms with E-state index in [2.05, 4.69) is 30.7 Å². The van der Waals surface area contributed by atoms with Gasteiger partial charge in [-0.3, -0.25) is 18.2 Å². The summed E-state index contributed by atoms with van der Waals surface area (Å²) in [6.45, 7) is 0. The number of aliphatic hydroxyl groups is 1. The highest BCUT2D eigenvalue weighted by Gasteiger charge is 2.40. The summed E-state index contributed by atoms with van der Waals surface area (Å²) >= 11 is 0. The van der Waals surface area contributed by atoms with E-state index in [9.17, 15) is 62.1 Å². The lowest BCUT2D eigenvalue weighted by Gasteiger charge is -2.28. The second kappa shape index (κ2) is 14.8. The van der Waals surface area contributed by atoms with Gasteiger partial charge < -0.3 is 15.9 Å². The number of azo groups is 3. The van der Waals surface area contributed by atoms with E-state index in [1.54, 1.807) is 36.4 Å². The number of aromatic hydroxyl groups is 1. The van der Waals surface area contributed by atoms with Crippen LogP contribution in [0.2, 0.25) is 0 Å². The average molecular weight is 860 g/mol. The van der Waals surface area contributed by atoms with Crippen molar-refractivity contribution in [3.63, 3.8) is 0 Å². The Morgan fingerprint density at radius 2 is 1.19 bits per heavy atom. The highest BCUT2D eigenvalue weighted by molar-refractivity contribution is 7.90. The number of allylic oxidation sites excluding steroid dienone is 3. The van der Waals surface area contributed by atoms with Crippen LogP contribution in [-0.4, -0.2) is 62.1 Å². The van der Waals surface area contributed by atoms with Crippen LogP contribution in [0.4, 0.5) is 28.4 Å². The lowest BCUT2D eigenvalue weighted by Crippen LogP contribution is -2.23. The first-order chi connectivity index (χ1) is 26.6. The number of nitrogen functional groups attached to an aromatic ring is 1. The molecule has 8 N–H and O–H groups in total. The molecule has 0 saturated carbocycles. The lowest BCUT2D eigenvalue weighted by atomic mass is 9.84. The molecule has 25 heteroatoms. The maximum Gasteiger partial charge on any atom is 0.297 e. The first-order valence-electron chi connectivity index (χ1n) is 15.5. The second-order valence-electron chi connectivity index (χ2n) is 11.9. The van der Waals surface area contributed by atoms with Crippen molar-refractivity contribution in [1.82, 2.24) is 0 Å². The lowest BCUT2D eigenvalue weighted by molar-refractivity contribution is 0.340. The molecule has 1 atom stereocenters. The van der Waals surface area contributed by atoms with Crippen LogP contribution in [0.25, 0.3) is 10.8 Å². The Morgan fingerprint density at radius 3 is 1.72 bits per heavy atom. The summed E-state index contributed by atoms with van der Waals surface area (Å²) in [6.07, 6.45) is 1.27. The number of anilines is 1. The molecule has 1 unspecified atom stereocenters. The minimum atomic E-state index is -5.41. The fourth-order valence-corrected chi connectivity index (χ4v) is 8.66. The van der Waals surface area contributed by atoms with Gasteiger partial charge in [0.25, 0.3) is 40.5 Å². The summed E-state index contributed by atoms with van der Waals surface area (Å²) in [4.78, 5) is -4.53. The number of hydrogen-bond donors (Lipinski definition) is 7. The van der Waals surface area contributed by atoms with Crippen LogP contribution < -0.4 is 5.73 Å². The van der Waals surface area contributed by atoms with Gasteiger partial charge in [-0.2, -0.15) is 43.9 Å². The van der Waals surface area contributed by atoms with Crippen molar-refractivity contribution in [2.24, 2.45) is 36.6 Å². The van der Waals surface area contributed by atoms with Crippen molar-refractivity contribution in [2.75, 3.05) is 5.73 Å². The average Bonchev–Trinajstić information content (AvgIpc) is 3.12. The number of nitrogens with two attached hydrogens (primary N) is 1. The van der Waals surface area contributed by atoms with E-state index in [4.69, 9.17) is 5.73 Å². The number of hydrogen-bond acceptors (Lipinski definition) is 17. The van der Waals surface area contributed by atoms with Crippen LogP contribution in [0.5, 0.6) is 5.75 Å².